The van der Waals surface area contributed by atoms with Crippen molar-refractivity contribution in [2.45, 2.75) is 70.9 Å². The van der Waals surface area contributed by atoms with Gasteiger partial charge in [-0.15, -0.1) is 0 Å². The van der Waals surface area contributed by atoms with Crippen LogP contribution in [0.25, 0.3) is 0 Å². The van der Waals surface area contributed by atoms with Gasteiger partial charge in [0.2, 0.25) is 0 Å². The van der Waals surface area contributed by atoms with Crippen molar-refractivity contribution < 1.29 is 4.84 Å². The van der Waals surface area contributed by atoms with Crippen molar-refractivity contribution in [2.75, 3.05) is 0 Å². The van der Waals surface area contributed by atoms with Gasteiger partial charge in [0.25, 0.3) is 0 Å². The Bertz CT molecular complexity index is 189. The van der Waals surface area contributed by atoms with Crippen LogP contribution in [0, 0.1) is 11.8 Å². The maximum atomic E-state index is 5.80. The minimum Gasteiger partial charge on any atom is -0.298 e. The largest absolute Gasteiger partial charge is 0.298 e. The molecule has 0 aliphatic heterocycles. The van der Waals surface area contributed by atoms with Gasteiger partial charge in [0, 0.05) is 6.04 Å². The van der Waals surface area contributed by atoms with E-state index in [1.807, 2.05) is 0 Å². The first-order chi connectivity index (χ1) is 7.25. The van der Waals surface area contributed by atoms with Crippen molar-refractivity contribution in [3.05, 3.63) is 0 Å². The van der Waals surface area contributed by atoms with Crippen molar-refractivity contribution in [2.24, 2.45) is 11.8 Å². The van der Waals surface area contributed by atoms with Crippen molar-refractivity contribution in [3.8, 4) is 0 Å². The zero-order chi connectivity index (χ0) is 10.7. The number of rotatable bonds is 3. The zero-order valence-corrected chi connectivity index (χ0v) is 10.2. The van der Waals surface area contributed by atoms with Gasteiger partial charge in [-0.1, -0.05) is 26.7 Å². The number of nitrogens with one attached hydrogen (secondary N) is 1. The molecular weight excluding hydrogens is 186 g/mol. The van der Waals surface area contributed by atoms with Gasteiger partial charge in [0.1, 0.15) is 0 Å². The molecule has 2 rings (SSSR count). The summed E-state index contributed by atoms with van der Waals surface area (Å²) in [5.41, 5.74) is 3.33. The first kappa shape index (κ1) is 11.4. The van der Waals surface area contributed by atoms with E-state index in [-0.39, 0.29) is 0 Å². The summed E-state index contributed by atoms with van der Waals surface area (Å²) in [7, 11) is 0. The highest BCUT2D eigenvalue weighted by Gasteiger charge is 2.26. The second-order valence-corrected chi connectivity index (χ2v) is 5.64. The average molecular weight is 211 g/mol. The summed E-state index contributed by atoms with van der Waals surface area (Å²) in [6, 6.07) is 0.599. The molecule has 2 aliphatic rings. The van der Waals surface area contributed by atoms with E-state index in [1.54, 1.807) is 0 Å². The van der Waals surface area contributed by atoms with Crippen molar-refractivity contribution in [3.63, 3.8) is 0 Å². The van der Waals surface area contributed by atoms with E-state index in [1.165, 1.54) is 44.9 Å². The standard InChI is InChI=1S/C13H25NO/c1-10-7-8-13(11(2)9-10)14-15-12-5-3-4-6-12/h10-14H,3-9H2,1-2H3. The Hall–Kier alpha value is -0.0800. The van der Waals surface area contributed by atoms with Crippen LogP contribution < -0.4 is 5.48 Å². The molecule has 2 saturated carbocycles. The molecule has 0 aromatic heterocycles. The van der Waals surface area contributed by atoms with Crippen LogP contribution in [0.5, 0.6) is 0 Å². The van der Waals surface area contributed by atoms with Crippen LogP contribution in [-0.4, -0.2) is 12.1 Å². The Kier molecular flexibility index (Phi) is 4.04. The van der Waals surface area contributed by atoms with Gasteiger partial charge in [-0.25, -0.2) is 0 Å². The van der Waals surface area contributed by atoms with Crippen LogP contribution in [-0.2, 0) is 4.84 Å². The molecule has 0 heterocycles. The topological polar surface area (TPSA) is 21.3 Å². The molecule has 2 aliphatic carbocycles. The second-order valence-electron chi connectivity index (χ2n) is 5.64. The molecule has 0 aromatic rings. The molecule has 3 unspecified atom stereocenters. The lowest BCUT2D eigenvalue weighted by atomic mass is 9.80. The summed E-state index contributed by atoms with van der Waals surface area (Å²) in [6.07, 6.45) is 9.70. The highest BCUT2D eigenvalue weighted by molar-refractivity contribution is 4.79. The highest BCUT2D eigenvalue weighted by atomic mass is 16.7. The Morgan fingerprint density at radius 1 is 1.00 bits per heavy atom. The maximum Gasteiger partial charge on any atom is 0.0790 e. The predicted molar refractivity (Wildman–Crippen MR) is 62.4 cm³/mol. The van der Waals surface area contributed by atoms with Crippen LogP contribution in [0.1, 0.15) is 58.8 Å². The molecule has 2 heteroatoms. The summed E-state index contributed by atoms with van der Waals surface area (Å²) in [4.78, 5) is 5.80. The Morgan fingerprint density at radius 3 is 2.40 bits per heavy atom. The monoisotopic (exact) mass is 211 g/mol. The van der Waals surface area contributed by atoms with Crippen molar-refractivity contribution in [1.82, 2.24) is 5.48 Å². The lowest BCUT2D eigenvalue weighted by Crippen LogP contribution is -2.40. The summed E-state index contributed by atoms with van der Waals surface area (Å²) < 4.78 is 0. The van der Waals surface area contributed by atoms with Gasteiger partial charge >= 0.3 is 0 Å². The SMILES string of the molecule is CC1CCC(NOC2CCCC2)C(C)C1. The van der Waals surface area contributed by atoms with Crippen LogP contribution in [0.2, 0.25) is 0 Å². The third kappa shape index (κ3) is 3.18. The zero-order valence-electron chi connectivity index (χ0n) is 10.2. The highest BCUT2D eigenvalue weighted by Crippen LogP contribution is 2.29. The third-order valence-electron chi connectivity index (χ3n) is 4.12. The van der Waals surface area contributed by atoms with Crippen LogP contribution >= 0.6 is 0 Å². The molecule has 0 amide bonds. The van der Waals surface area contributed by atoms with Gasteiger partial charge in [0.05, 0.1) is 6.10 Å². The van der Waals surface area contributed by atoms with E-state index in [0.29, 0.717) is 12.1 Å². The lowest BCUT2D eigenvalue weighted by molar-refractivity contribution is -0.0583. The molecule has 3 atom stereocenters. The van der Waals surface area contributed by atoms with E-state index in [2.05, 4.69) is 19.3 Å². The van der Waals surface area contributed by atoms with E-state index >= 15 is 0 Å². The second kappa shape index (κ2) is 5.31. The fraction of sp³-hybridized carbons (Fsp3) is 1.00. The van der Waals surface area contributed by atoms with Gasteiger partial charge < -0.3 is 0 Å². The third-order valence-corrected chi connectivity index (χ3v) is 4.12. The van der Waals surface area contributed by atoms with E-state index in [9.17, 15) is 0 Å². The first-order valence-corrected chi connectivity index (χ1v) is 6.67. The molecule has 2 nitrogen and oxygen atoms in total. The molecule has 0 bridgehead atoms. The molecule has 0 saturated heterocycles. The maximum absolute atomic E-state index is 5.80. The van der Waals surface area contributed by atoms with Crippen molar-refractivity contribution >= 4 is 0 Å². The van der Waals surface area contributed by atoms with Gasteiger partial charge in [0.15, 0.2) is 0 Å². The van der Waals surface area contributed by atoms with Crippen LogP contribution in [0.4, 0.5) is 0 Å². The molecule has 88 valence electrons. The van der Waals surface area contributed by atoms with Gasteiger partial charge in [-0.05, 0) is 43.9 Å². The molecule has 2 fully saturated rings. The minimum absolute atomic E-state index is 0.497. The van der Waals surface area contributed by atoms with Gasteiger partial charge in [-0.3, -0.25) is 4.84 Å². The average Bonchev–Trinajstić information content (AvgIpc) is 2.69. The molecule has 1 N–H and O–H groups in total. The van der Waals surface area contributed by atoms with Crippen LogP contribution in [0.3, 0.4) is 0 Å². The lowest BCUT2D eigenvalue weighted by Gasteiger charge is -2.33. The molecule has 0 radical (unpaired) electrons. The number of hydrogen-bond donors (Lipinski definition) is 1. The Morgan fingerprint density at radius 2 is 1.73 bits per heavy atom. The smallest absolute Gasteiger partial charge is 0.0790 e. The minimum atomic E-state index is 0.497. The number of hydroxylamine groups is 1. The Balaban J connectivity index is 1.69. The first-order valence-electron chi connectivity index (χ1n) is 6.67. The molecule has 0 spiro atoms. The molecular formula is C13H25NO. The fourth-order valence-electron chi connectivity index (χ4n) is 3.03. The quantitative estimate of drug-likeness (QED) is 0.723. The van der Waals surface area contributed by atoms with E-state index < -0.39 is 0 Å². The van der Waals surface area contributed by atoms with E-state index in [0.717, 1.165) is 11.8 Å². The summed E-state index contributed by atoms with van der Waals surface area (Å²) in [5, 5.41) is 0. The fourth-order valence-corrected chi connectivity index (χ4v) is 3.03. The predicted octanol–water partition coefficient (Wildman–Crippen LogP) is 3.27. The summed E-state index contributed by atoms with van der Waals surface area (Å²) in [5.74, 6) is 1.68. The van der Waals surface area contributed by atoms with Gasteiger partial charge in [-0.2, -0.15) is 5.48 Å². The summed E-state index contributed by atoms with van der Waals surface area (Å²) in [6.45, 7) is 4.72. The van der Waals surface area contributed by atoms with Crippen LogP contribution in [0.15, 0.2) is 0 Å². The molecule has 15 heavy (non-hydrogen) atoms. The molecule has 0 aromatic carbocycles. The van der Waals surface area contributed by atoms with Crippen molar-refractivity contribution in [1.29, 1.82) is 0 Å². The van der Waals surface area contributed by atoms with E-state index in [4.69, 9.17) is 4.84 Å². The normalized spacial score (nSPS) is 38.4. The number of hydrogen-bond acceptors (Lipinski definition) is 2. The summed E-state index contributed by atoms with van der Waals surface area (Å²) >= 11 is 0. The Labute approximate surface area is 93.7 Å².